The molecule has 0 saturated carbocycles. The Balaban J connectivity index is 2.78. The van der Waals surface area contributed by atoms with Crippen molar-refractivity contribution in [2.75, 3.05) is 6.61 Å². The average Bonchev–Trinajstić information content (AvgIpc) is 2.35. The summed E-state index contributed by atoms with van der Waals surface area (Å²) in [6.45, 7) is 3.96. The minimum Gasteiger partial charge on any atom is -0.392 e. The van der Waals surface area contributed by atoms with Crippen molar-refractivity contribution >= 4 is 17.4 Å². The maximum Gasteiger partial charge on any atom is 0.116 e. The summed E-state index contributed by atoms with van der Waals surface area (Å²) in [4.78, 5) is 4.23. The van der Waals surface area contributed by atoms with E-state index in [1.165, 1.54) is 0 Å². The second-order valence-electron chi connectivity index (χ2n) is 2.48. The van der Waals surface area contributed by atoms with E-state index in [0.717, 1.165) is 16.3 Å². The predicted molar refractivity (Wildman–Crippen MR) is 47.6 cm³/mol. The van der Waals surface area contributed by atoms with Gasteiger partial charge in [0.1, 0.15) is 5.01 Å². The number of aliphatic hydroxyl groups is 1. The zero-order valence-corrected chi connectivity index (χ0v) is 7.48. The van der Waals surface area contributed by atoms with E-state index in [0.29, 0.717) is 0 Å². The van der Waals surface area contributed by atoms with Gasteiger partial charge in [0.25, 0.3) is 0 Å². The monoisotopic (exact) mass is 169 g/mol. The van der Waals surface area contributed by atoms with Gasteiger partial charge < -0.3 is 5.11 Å². The molecule has 0 unspecified atom stereocenters. The molecule has 1 rings (SSSR count). The Morgan fingerprint density at radius 2 is 2.55 bits per heavy atom. The highest BCUT2D eigenvalue weighted by Crippen LogP contribution is 2.12. The lowest BCUT2D eigenvalue weighted by atomic mass is 10.3. The maximum atomic E-state index is 8.71. The molecular weight excluding hydrogens is 158 g/mol. The van der Waals surface area contributed by atoms with Crippen LogP contribution in [0.5, 0.6) is 0 Å². The van der Waals surface area contributed by atoms with Crippen molar-refractivity contribution in [1.29, 1.82) is 0 Å². The summed E-state index contributed by atoms with van der Waals surface area (Å²) in [7, 11) is 0. The summed E-state index contributed by atoms with van der Waals surface area (Å²) in [5, 5.41) is 11.7. The molecule has 11 heavy (non-hydrogen) atoms. The van der Waals surface area contributed by atoms with Gasteiger partial charge in [0.15, 0.2) is 0 Å². The summed E-state index contributed by atoms with van der Waals surface area (Å²) >= 11 is 1.59. The summed E-state index contributed by atoms with van der Waals surface area (Å²) in [5.41, 5.74) is 1.98. The van der Waals surface area contributed by atoms with Crippen LogP contribution in [0.1, 0.15) is 17.6 Å². The first-order valence-corrected chi connectivity index (χ1v) is 4.30. The van der Waals surface area contributed by atoms with Crippen LogP contribution < -0.4 is 0 Å². The van der Waals surface area contributed by atoms with Crippen molar-refractivity contribution in [2.45, 2.75) is 13.8 Å². The topological polar surface area (TPSA) is 33.1 Å². The van der Waals surface area contributed by atoms with E-state index in [1.807, 2.05) is 25.3 Å². The van der Waals surface area contributed by atoms with Crippen LogP contribution in [-0.2, 0) is 0 Å². The summed E-state index contributed by atoms with van der Waals surface area (Å²) in [6.07, 6.45) is 1.90. The van der Waals surface area contributed by atoms with Crippen LogP contribution in [0.4, 0.5) is 0 Å². The van der Waals surface area contributed by atoms with Crippen LogP contribution in [0.25, 0.3) is 6.08 Å². The maximum absolute atomic E-state index is 8.71. The smallest absolute Gasteiger partial charge is 0.116 e. The molecule has 1 aromatic heterocycles. The van der Waals surface area contributed by atoms with Gasteiger partial charge in [-0.2, -0.15) is 0 Å². The highest BCUT2D eigenvalue weighted by Gasteiger charge is 1.94. The molecule has 3 heteroatoms. The average molecular weight is 169 g/mol. The summed E-state index contributed by atoms with van der Waals surface area (Å²) < 4.78 is 0. The fraction of sp³-hybridized carbons (Fsp3) is 0.375. The Morgan fingerprint density at radius 3 is 3.00 bits per heavy atom. The van der Waals surface area contributed by atoms with Gasteiger partial charge in [0.2, 0.25) is 0 Å². The fourth-order valence-electron chi connectivity index (χ4n) is 0.695. The SMILES string of the molecule is C/C(=C\c1nc(C)cs1)CO. The summed E-state index contributed by atoms with van der Waals surface area (Å²) in [5.74, 6) is 0. The molecular formula is C8H11NOS. The largest absolute Gasteiger partial charge is 0.392 e. The van der Waals surface area contributed by atoms with Gasteiger partial charge in [0.05, 0.1) is 6.61 Å². The molecule has 0 aliphatic rings. The Kier molecular flexibility index (Phi) is 2.79. The lowest BCUT2D eigenvalue weighted by Crippen LogP contribution is -1.82. The molecule has 0 fully saturated rings. The molecule has 2 nitrogen and oxygen atoms in total. The standard InChI is InChI=1S/C8H11NOS/c1-6(4-10)3-8-9-7(2)5-11-8/h3,5,10H,4H2,1-2H3/b6-3+. The lowest BCUT2D eigenvalue weighted by molar-refractivity contribution is 0.332. The van der Waals surface area contributed by atoms with E-state index in [-0.39, 0.29) is 6.61 Å². The van der Waals surface area contributed by atoms with Gasteiger partial charge in [-0.3, -0.25) is 0 Å². The second kappa shape index (κ2) is 3.64. The highest BCUT2D eigenvalue weighted by molar-refractivity contribution is 7.10. The van der Waals surface area contributed by atoms with E-state index < -0.39 is 0 Å². The Labute approximate surface area is 70.2 Å². The van der Waals surface area contributed by atoms with E-state index in [9.17, 15) is 0 Å². The molecule has 0 amide bonds. The molecule has 1 aromatic rings. The number of hydrogen-bond donors (Lipinski definition) is 1. The van der Waals surface area contributed by atoms with Gasteiger partial charge in [0, 0.05) is 11.1 Å². The van der Waals surface area contributed by atoms with Crippen molar-refractivity contribution in [3.05, 3.63) is 21.7 Å². The first-order valence-electron chi connectivity index (χ1n) is 3.42. The molecule has 1 N–H and O–H groups in total. The first kappa shape index (κ1) is 8.43. The van der Waals surface area contributed by atoms with Crippen LogP contribution in [0.2, 0.25) is 0 Å². The van der Waals surface area contributed by atoms with Crippen molar-refractivity contribution in [2.24, 2.45) is 0 Å². The molecule has 0 saturated heterocycles. The third-order valence-corrected chi connectivity index (χ3v) is 2.17. The van der Waals surface area contributed by atoms with Gasteiger partial charge in [-0.1, -0.05) is 0 Å². The van der Waals surface area contributed by atoms with Crippen molar-refractivity contribution in [3.63, 3.8) is 0 Å². The lowest BCUT2D eigenvalue weighted by Gasteiger charge is -1.89. The molecule has 0 atom stereocenters. The quantitative estimate of drug-likeness (QED) is 0.733. The number of thiazole rings is 1. The Morgan fingerprint density at radius 1 is 1.82 bits per heavy atom. The Hall–Kier alpha value is -0.670. The minimum absolute atomic E-state index is 0.110. The number of aliphatic hydroxyl groups excluding tert-OH is 1. The molecule has 0 bridgehead atoms. The number of rotatable bonds is 2. The van der Waals surface area contributed by atoms with Gasteiger partial charge in [-0.05, 0) is 25.5 Å². The van der Waals surface area contributed by atoms with Crippen molar-refractivity contribution < 1.29 is 5.11 Å². The van der Waals surface area contributed by atoms with Crippen molar-refractivity contribution in [3.8, 4) is 0 Å². The van der Waals surface area contributed by atoms with Crippen LogP contribution in [0.15, 0.2) is 11.0 Å². The normalized spacial score (nSPS) is 12.1. The molecule has 1 heterocycles. The van der Waals surface area contributed by atoms with Crippen LogP contribution in [0, 0.1) is 6.92 Å². The zero-order valence-electron chi connectivity index (χ0n) is 6.66. The molecule has 0 aliphatic heterocycles. The van der Waals surface area contributed by atoms with Crippen molar-refractivity contribution in [1.82, 2.24) is 4.98 Å². The third-order valence-electron chi connectivity index (χ3n) is 1.26. The van der Waals surface area contributed by atoms with Crippen LogP contribution >= 0.6 is 11.3 Å². The predicted octanol–water partition coefficient (Wildman–Crippen LogP) is 1.85. The van der Waals surface area contributed by atoms with Crippen LogP contribution in [-0.4, -0.2) is 16.7 Å². The van der Waals surface area contributed by atoms with Gasteiger partial charge in [-0.25, -0.2) is 4.98 Å². The third kappa shape index (κ3) is 2.44. The van der Waals surface area contributed by atoms with Gasteiger partial charge in [-0.15, -0.1) is 11.3 Å². The zero-order chi connectivity index (χ0) is 8.27. The van der Waals surface area contributed by atoms with Crippen LogP contribution in [0.3, 0.4) is 0 Å². The van der Waals surface area contributed by atoms with E-state index in [1.54, 1.807) is 11.3 Å². The fourth-order valence-corrected chi connectivity index (χ4v) is 1.50. The van der Waals surface area contributed by atoms with E-state index in [2.05, 4.69) is 4.98 Å². The number of nitrogens with zero attached hydrogens (tertiary/aromatic N) is 1. The number of aromatic nitrogens is 1. The second-order valence-corrected chi connectivity index (χ2v) is 3.37. The van der Waals surface area contributed by atoms with Gasteiger partial charge >= 0.3 is 0 Å². The molecule has 0 aromatic carbocycles. The molecule has 60 valence electrons. The molecule has 0 aliphatic carbocycles. The number of hydrogen-bond acceptors (Lipinski definition) is 3. The number of aryl methyl sites for hydroxylation is 1. The minimum atomic E-state index is 0.110. The van der Waals surface area contributed by atoms with E-state index in [4.69, 9.17) is 5.11 Å². The highest BCUT2D eigenvalue weighted by atomic mass is 32.1. The Bertz CT molecular complexity index is 265. The van der Waals surface area contributed by atoms with E-state index >= 15 is 0 Å². The molecule has 0 spiro atoms. The first-order chi connectivity index (χ1) is 5.22. The summed E-state index contributed by atoms with van der Waals surface area (Å²) in [6, 6.07) is 0. The molecule has 0 radical (unpaired) electrons.